The molecule has 0 saturated carbocycles. The van der Waals surface area contributed by atoms with Crippen molar-refractivity contribution in [3.63, 3.8) is 0 Å². The molecule has 1 aromatic carbocycles. The van der Waals surface area contributed by atoms with E-state index in [9.17, 15) is 9.59 Å². The number of hydrogen-bond acceptors (Lipinski definition) is 4. The fourth-order valence-electron chi connectivity index (χ4n) is 1.92. The first-order chi connectivity index (χ1) is 10.6. The van der Waals surface area contributed by atoms with Crippen LogP contribution in [0.1, 0.15) is 46.0 Å². The minimum Gasteiger partial charge on any atom is -0.490 e. The fourth-order valence-corrected chi connectivity index (χ4v) is 1.92. The number of carbonyl (C=O) groups is 2. The van der Waals surface area contributed by atoms with Gasteiger partial charge in [0.2, 0.25) is 5.91 Å². The summed E-state index contributed by atoms with van der Waals surface area (Å²) in [5.74, 6) is 0.397. The molecule has 0 spiro atoms. The Morgan fingerprint density at radius 3 is 2.41 bits per heavy atom. The number of benzene rings is 1. The summed E-state index contributed by atoms with van der Waals surface area (Å²) in [6.07, 6.45) is 4.75. The van der Waals surface area contributed by atoms with E-state index in [1.54, 1.807) is 24.3 Å². The molecule has 1 N–H and O–H groups in total. The van der Waals surface area contributed by atoms with Crippen molar-refractivity contribution in [2.24, 2.45) is 0 Å². The van der Waals surface area contributed by atoms with Crippen LogP contribution in [-0.2, 0) is 14.3 Å². The Morgan fingerprint density at radius 1 is 1.05 bits per heavy atom. The highest BCUT2D eigenvalue weighted by Crippen LogP contribution is 2.15. The van der Waals surface area contributed by atoms with Crippen LogP contribution in [-0.4, -0.2) is 25.1 Å². The highest BCUT2D eigenvalue weighted by atomic mass is 16.6. The number of anilines is 1. The molecule has 0 aliphatic carbocycles. The van der Waals surface area contributed by atoms with Crippen LogP contribution in [0.15, 0.2) is 24.3 Å². The van der Waals surface area contributed by atoms with Gasteiger partial charge in [0.05, 0.1) is 0 Å². The first-order valence-electron chi connectivity index (χ1n) is 7.78. The summed E-state index contributed by atoms with van der Waals surface area (Å²) in [5.41, 5.74) is 0.721. The summed E-state index contributed by atoms with van der Waals surface area (Å²) in [4.78, 5) is 22.3. The minimum atomic E-state index is -0.166. The van der Waals surface area contributed by atoms with E-state index in [0.29, 0.717) is 18.8 Å². The molecule has 0 saturated heterocycles. The number of esters is 1. The zero-order valence-electron chi connectivity index (χ0n) is 13.4. The number of carbonyl (C=O) groups excluding carboxylic acids is 2. The maximum absolute atomic E-state index is 11.4. The van der Waals surface area contributed by atoms with Crippen molar-refractivity contribution in [3.05, 3.63) is 24.3 Å². The normalized spacial score (nSPS) is 10.1. The molecule has 0 fully saturated rings. The lowest BCUT2D eigenvalue weighted by atomic mass is 10.2. The molecule has 0 aliphatic rings. The molecule has 5 nitrogen and oxygen atoms in total. The molecule has 0 bridgehead atoms. The van der Waals surface area contributed by atoms with Gasteiger partial charge in [-0.25, -0.2) is 0 Å². The second-order valence-corrected chi connectivity index (χ2v) is 5.09. The lowest BCUT2D eigenvalue weighted by Crippen LogP contribution is -2.12. The lowest BCUT2D eigenvalue weighted by Gasteiger charge is -2.08. The van der Waals surface area contributed by atoms with Crippen molar-refractivity contribution in [1.29, 1.82) is 0 Å². The zero-order valence-corrected chi connectivity index (χ0v) is 13.4. The van der Waals surface area contributed by atoms with E-state index >= 15 is 0 Å². The molecule has 5 heteroatoms. The molecule has 0 aromatic heterocycles. The van der Waals surface area contributed by atoms with E-state index in [1.807, 2.05) is 0 Å². The Labute approximate surface area is 132 Å². The van der Waals surface area contributed by atoms with E-state index < -0.39 is 0 Å². The van der Waals surface area contributed by atoms with E-state index in [4.69, 9.17) is 9.47 Å². The third kappa shape index (κ3) is 8.29. The van der Waals surface area contributed by atoms with Crippen molar-refractivity contribution in [3.8, 4) is 5.75 Å². The van der Waals surface area contributed by atoms with Crippen molar-refractivity contribution < 1.29 is 19.1 Å². The van der Waals surface area contributed by atoms with Crippen LogP contribution in [0.25, 0.3) is 0 Å². The number of nitrogens with one attached hydrogen (secondary N) is 1. The summed E-state index contributed by atoms with van der Waals surface area (Å²) in [6, 6.07) is 7.04. The molecule has 0 aliphatic heterocycles. The Kier molecular flexibility index (Phi) is 8.72. The molecule has 1 amide bonds. The summed E-state index contributed by atoms with van der Waals surface area (Å²) in [5, 5.41) is 2.68. The quantitative estimate of drug-likeness (QED) is 0.530. The minimum absolute atomic E-state index is 0.112. The van der Waals surface area contributed by atoms with Gasteiger partial charge in [0.25, 0.3) is 0 Å². The van der Waals surface area contributed by atoms with Crippen LogP contribution in [0, 0.1) is 0 Å². The average Bonchev–Trinajstić information content (AvgIpc) is 2.49. The van der Waals surface area contributed by atoms with Gasteiger partial charge in [-0.05, 0) is 30.7 Å². The van der Waals surface area contributed by atoms with E-state index in [0.717, 1.165) is 31.4 Å². The van der Waals surface area contributed by atoms with Crippen molar-refractivity contribution in [2.45, 2.75) is 46.0 Å². The van der Waals surface area contributed by atoms with Crippen LogP contribution in [0.4, 0.5) is 5.69 Å². The average molecular weight is 307 g/mol. The SMILES string of the molecule is CCCCCCC(=O)OCCOc1ccc(NC(C)=O)cc1. The van der Waals surface area contributed by atoms with E-state index in [1.165, 1.54) is 6.92 Å². The Balaban J connectivity index is 2.13. The third-order valence-corrected chi connectivity index (χ3v) is 3.02. The molecule has 0 heterocycles. The molecular formula is C17H25NO4. The highest BCUT2D eigenvalue weighted by Gasteiger charge is 2.03. The van der Waals surface area contributed by atoms with Gasteiger partial charge in [0.15, 0.2) is 0 Å². The topological polar surface area (TPSA) is 64.6 Å². The summed E-state index contributed by atoms with van der Waals surface area (Å²) < 4.78 is 10.6. The van der Waals surface area contributed by atoms with Crippen molar-refractivity contribution >= 4 is 17.6 Å². The van der Waals surface area contributed by atoms with Gasteiger partial charge < -0.3 is 14.8 Å². The van der Waals surface area contributed by atoms with Crippen LogP contribution in [0.3, 0.4) is 0 Å². The summed E-state index contributed by atoms with van der Waals surface area (Å²) in [6.45, 7) is 4.17. The Bertz CT molecular complexity index is 456. The maximum Gasteiger partial charge on any atom is 0.305 e. The standard InChI is InChI=1S/C17H25NO4/c1-3-4-5-6-7-17(20)22-13-12-21-16-10-8-15(9-11-16)18-14(2)19/h8-11H,3-7,12-13H2,1-2H3,(H,18,19). The van der Waals surface area contributed by atoms with Gasteiger partial charge in [0.1, 0.15) is 19.0 Å². The highest BCUT2D eigenvalue weighted by molar-refractivity contribution is 5.88. The molecule has 1 aromatic rings. The third-order valence-electron chi connectivity index (χ3n) is 3.02. The molecule has 0 unspecified atom stereocenters. The number of unbranched alkanes of at least 4 members (excludes halogenated alkanes) is 3. The number of hydrogen-bond donors (Lipinski definition) is 1. The van der Waals surface area contributed by atoms with Crippen LogP contribution >= 0.6 is 0 Å². The van der Waals surface area contributed by atoms with E-state index in [-0.39, 0.29) is 18.5 Å². The zero-order chi connectivity index (χ0) is 16.2. The van der Waals surface area contributed by atoms with Gasteiger partial charge in [0, 0.05) is 19.0 Å². The molecular weight excluding hydrogens is 282 g/mol. The summed E-state index contributed by atoms with van der Waals surface area (Å²) in [7, 11) is 0. The molecule has 22 heavy (non-hydrogen) atoms. The number of rotatable bonds is 10. The number of amides is 1. The molecule has 1 rings (SSSR count). The van der Waals surface area contributed by atoms with Crippen molar-refractivity contribution in [1.82, 2.24) is 0 Å². The van der Waals surface area contributed by atoms with Gasteiger partial charge in [-0.1, -0.05) is 26.2 Å². The predicted molar refractivity (Wildman–Crippen MR) is 86.0 cm³/mol. The molecule has 122 valence electrons. The maximum atomic E-state index is 11.4. The summed E-state index contributed by atoms with van der Waals surface area (Å²) >= 11 is 0. The Hall–Kier alpha value is -2.04. The smallest absolute Gasteiger partial charge is 0.305 e. The predicted octanol–water partition coefficient (Wildman–Crippen LogP) is 3.54. The first-order valence-corrected chi connectivity index (χ1v) is 7.78. The van der Waals surface area contributed by atoms with Crippen LogP contribution < -0.4 is 10.1 Å². The second kappa shape index (κ2) is 10.7. The molecule has 0 atom stereocenters. The van der Waals surface area contributed by atoms with Gasteiger partial charge in [-0.3, -0.25) is 9.59 Å². The number of ether oxygens (including phenoxy) is 2. The fraction of sp³-hybridized carbons (Fsp3) is 0.529. The first kappa shape index (κ1) is 18.0. The van der Waals surface area contributed by atoms with Crippen LogP contribution in [0.2, 0.25) is 0 Å². The van der Waals surface area contributed by atoms with E-state index in [2.05, 4.69) is 12.2 Å². The van der Waals surface area contributed by atoms with Gasteiger partial charge >= 0.3 is 5.97 Å². The second-order valence-electron chi connectivity index (χ2n) is 5.09. The van der Waals surface area contributed by atoms with Gasteiger partial charge in [-0.2, -0.15) is 0 Å². The largest absolute Gasteiger partial charge is 0.490 e. The Morgan fingerprint density at radius 2 is 1.77 bits per heavy atom. The molecule has 0 radical (unpaired) electrons. The van der Waals surface area contributed by atoms with Gasteiger partial charge in [-0.15, -0.1) is 0 Å². The van der Waals surface area contributed by atoms with Crippen LogP contribution in [0.5, 0.6) is 5.75 Å². The lowest BCUT2D eigenvalue weighted by molar-refractivity contribution is -0.144. The van der Waals surface area contributed by atoms with Crippen molar-refractivity contribution in [2.75, 3.05) is 18.5 Å². The monoisotopic (exact) mass is 307 g/mol.